The van der Waals surface area contributed by atoms with E-state index in [2.05, 4.69) is 15.5 Å². The van der Waals surface area contributed by atoms with Crippen LogP contribution in [-0.2, 0) is 30.5 Å². The number of fused-ring (bicyclic) bond motifs is 2. The van der Waals surface area contributed by atoms with Gasteiger partial charge in [0.1, 0.15) is 5.75 Å². The van der Waals surface area contributed by atoms with Gasteiger partial charge in [-0.05, 0) is 42.9 Å². The molecule has 4 rings (SSSR count). The summed E-state index contributed by atoms with van der Waals surface area (Å²) < 4.78 is 5.71. The van der Waals surface area contributed by atoms with Crippen LogP contribution in [0.4, 0.5) is 0 Å². The summed E-state index contributed by atoms with van der Waals surface area (Å²) in [5, 5.41) is 10.5. The Hall–Kier alpha value is -2.30. The van der Waals surface area contributed by atoms with E-state index in [4.69, 9.17) is 4.74 Å². The van der Waals surface area contributed by atoms with Gasteiger partial charge in [0.15, 0.2) is 6.10 Å². The zero-order valence-electron chi connectivity index (χ0n) is 13.1. The molecule has 1 aliphatic heterocycles. The van der Waals surface area contributed by atoms with Gasteiger partial charge in [0.25, 0.3) is 5.91 Å². The number of ether oxygens (including phenoxy) is 1. The molecule has 2 aromatic rings. The molecule has 0 saturated carbocycles. The second-order valence-electron chi connectivity index (χ2n) is 6.29. The van der Waals surface area contributed by atoms with Crippen LogP contribution in [0.3, 0.4) is 0 Å². The Bertz CT molecular complexity index is 698. The van der Waals surface area contributed by atoms with Gasteiger partial charge >= 0.3 is 0 Å². The monoisotopic (exact) mass is 311 g/mol. The molecular formula is C18H21N3O2. The number of para-hydroxylation sites is 1. The molecule has 23 heavy (non-hydrogen) atoms. The molecule has 1 amide bonds. The van der Waals surface area contributed by atoms with Crippen LogP contribution in [0.2, 0.25) is 0 Å². The van der Waals surface area contributed by atoms with Crippen LogP contribution in [-0.4, -0.2) is 28.8 Å². The number of aryl methyl sites for hydroxylation is 1. The number of hydrogen-bond acceptors (Lipinski definition) is 3. The maximum atomic E-state index is 12.3. The maximum absolute atomic E-state index is 12.3. The number of carbonyl (C=O) groups excluding carboxylic acids is 1. The Kier molecular flexibility index (Phi) is 3.77. The molecule has 0 fully saturated rings. The summed E-state index contributed by atoms with van der Waals surface area (Å²) in [6.07, 6.45) is 5.71. The number of nitrogens with one attached hydrogen (secondary N) is 2. The van der Waals surface area contributed by atoms with Crippen molar-refractivity contribution >= 4 is 5.91 Å². The smallest absolute Gasteiger partial charge is 0.261 e. The fraction of sp³-hybridized carbons (Fsp3) is 0.444. The van der Waals surface area contributed by atoms with Crippen LogP contribution in [0.5, 0.6) is 5.75 Å². The van der Waals surface area contributed by atoms with Gasteiger partial charge in [0, 0.05) is 25.1 Å². The Morgan fingerprint density at radius 3 is 3.09 bits per heavy atom. The molecule has 0 saturated heterocycles. The Morgan fingerprint density at radius 2 is 2.17 bits per heavy atom. The fourth-order valence-electron chi connectivity index (χ4n) is 3.50. The largest absolute Gasteiger partial charge is 0.480 e. The van der Waals surface area contributed by atoms with Crippen molar-refractivity contribution in [3.8, 4) is 5.75 Å². The first-order chi connectivity index (χ1) is 11.3. The number of aromatic nitrogens is 2. The summed E-state index contributed by atoms with van der Waals surface area (Å²) in [6, 6.07) is 7.83. The van der Waals surface area contributed by atoms with Gasteiger partial charge in [0.2, 0.25) is 0 Å². The van der Waals surface area contributed by atoms with Crippen molar-refractivity contribution in [2.75, 3.05) is 6.54 Å². The number of nitrogens with zero attached hydrogens (tertiary/aromatic N) is 1. The third-order valence-electron chi connectivity index (χ3n) is 4.74. The minimum Gasteiger partial charge on any atom is -0.480 e. The zero-order valence-corrected chi connectivity index (χ0v) is 13.1. The summed E-state index contributed by atoms with van der Waals surface area (Å²) in [5.41, 5.74) is 4.87. The SMILES string of the molecule is O=C(NCCc1n[nH]c2c1CCCC2)C1Cc2ccccc2O1. The molecule has 1 aliphatic carbocycles. The molecular weight excluding hydrogens is 290 g/mol. The molecule has 1 aromatic carbocycles. The number of aromatic amines is 1. The van der Waals surface area contributed by atoms with E-state index in [1.165, 1.54) is 24.1 Å². The van der Waals surface area contributed by atoms with Crippen molar-refractivity contribution in [2.45, 2.75) is 44.6 Å². The first kappa shape index (κ1) is 14.3. The lowest BCUT2D eigenvalue weighted by molar-refractivity contribution is -0.127. The van der Waals surface area contributed by atoms with Crippen molar-refractivity contribution in [3.63, 3.8) is 0 Å². The van der Waals surface area contributed by atoms with E-state index in [9.17, 15) is 4.79 Å². The Morgan fingerprint density at radius 1 is 1.30 bits per heavy atom. The zero-order chi connectivity index (χ0) is 15.6. The van der Waals surface area contributed by atoms with E-state index >= 15 is 0 Å². The maximum Gasteiger partial charge on any atom is 0.261 e. The topological polar surface area (TPSA) is 67.0 Å². The summed E-state index contributed by atoms with van der Waals surface area (Å²) in [5.74, 6) is 0.791. The van der Waals surface area contributed by atoms with Crippen molar-refractivity contribution in [1.29, 1.82) is 0 Å². The molecule has 2 heterocycles. The normalized spacial score (nSPS) is 18.9. The first-order valence-corrected chi connectivity index (χ1v) is 8.38. The highest BCUT2D eigenvalue weighted by atomic mass is 16.5. The van der Waals surface area contributed by atoms with Gasteiger partial charge in [-0.25, -0.2) is 0 Å². The number of H-pyrrole nitrogens is 1. The predicted octanol–water partition coefficient (Wildman–Crippen LogP) is 1.95. The summed E-state index contributed by atoms with van der Waals surface area (Å²) in [6.45, 7) is 0.604. The van der Waals surface area contributed by atoms with Crippen LogP contribution in [0.1, 0.15) is 35.4 Å². The lowest BCUT2D eigenvalue weighted by Crippen LogP contribution is -2.38. The van der Waals surface area contributed by atoms with E-state index in [1.807, 2.05) is 24.3 Å². The highest BCUT2D eigenvalue weighted by Crippen LogP contribution is 2.28. The quantitative estimate of drug-likeness (QED) is 0.907. The molecule has 5 nitrogen and oxygen atoms in total. The van der Waals surface area contributed by atoms with Crippen molar-refractivity contribution < 1.29 is 9.53 Å². The first-order valence-electron chi connectivity index (χ1n) is 8.38. The molecule has 2 N–H and O–H groups in total. The van der Waals surface area contributed by atoms with Gasteiger partial charge in [-0.1, -0.05) is 18.2 Å². The molecule has 120 valence electrons. The lowest BCUT2D eigenvalue weighted by Gasteiger charge is -2.13. The fourth-order valence-corrected chi connectivity index (χ4v) is 3.50. The summed E-state index contributed by atoms with van der Waals surface area (Å²) in [4.78, 5) is 12.3. The second kappa shape index (κ2) is 6.07. The number of benzene rings is 1. The molecule has 1 unspecified atom stereocenters. The van der Waals surface area contributed by atoms with Crippen molar-refractivity contribution in [3.05, 3.63) is 46.8 Å². The predicted molar refractivity (Wildman–Crippen MR) is 86.5 cm³/mol. The van der Waals surface area contributed by atoms with E-state index in [0.29, 0.717) is 13.0 Å². The third kappa shape index (κ3) is 2.83. The Balaban J connectivity index is 1.30. The molecule has 0 radical (unpaired) electrons. The lowest BCUT2D eigenvalue weighted by atomic mass is 9.95. The van der Waals surface area contributed by atoms with Crippen LogP contribution in [0.25, 0.3) is 0 Å². The summed E-state index contributed by atoms with van der Waals surface area (Å²) in [7, 11) is 0. The van der Waals surface area contributed by atoms with Crippen LogP contribution < -0.4 is 10.1 Å². The summed E-state index contributed by atoms with van der Waals surface area (Å²) >= 11 is 0. The number of hydrogen-bond donors (Lipinski definition) is 2. The third-order valence-corrected chi connectivity index (χ3v) is 4.74. The molecule has 2 aliphatic rings. The highest BCUT2D eigenvalue weighted by molar-refractivity contribution is 5.82. The van der Waals surface area contributed by atoms with Gasteiger partial charge in [-0.2, -0.15) is 5.10 Å². The number of rotatable bonds is 4. The molecule has 5 heteroatoms. The minimum atomic E-state index is -0.402. The molecule has 1 aromatic heterocycles. The molecule has 1 atom stereocenters. The van der Waals surface area contributed by atoms with Gasteiger partial charge < -0.3 is 10.1 Å². The number of carbonyl (C=O) groups is 1. The molecule has 0 spiro atoms. The standard InChI is InChI=1S/C18H21N3O2/c22-18(17-11-12-5-1-4-8-16(12)23-17)19-10-9-15-13-6-2-3-7-14(13)20-21-15/h1,4-5,8,17H,2-3,6-7,9-11H2,(H,19,22)(H,20,21). The van der Waals surface area contributed by atoms with Crippen LogP contribution >= 0.6 is 0 Å². The highest BCUT2D eigenvalue weighted by Gasteiger charge is 2.28. The van der Waals surface area contributed by atoms with E-state index < -0.39 is 6.10 Å². The van der Waals surface area contributed by atoms with Crippen molar-refractivity contribution in [2.24, 2.45) is 0 Å². The van der Waals surface area contributed by atoms with Gasteiger partial charge in [-0.15, -0.1) is 0 Å². The minimum absolute atomic E-state index is 0.0365. The Labute approximate surface area is 135 Å². The van der Waals surface area contributed by atoms with Crippen LogP contribution in [0.15, 0.2) is 24.3 Å². The van der Waals surface area contributed by atoms with Crippen LogP contribution in [0, 0.1) is 0 Å². The number of amides is 1. The average molecular weight is 311 g/mol. The molecule has 0 bridgehead atoms. The van der Waals surface area contributed by atoms with Gasteiger partial charge in [-0.3, -0.25) is 9.89 Å². The van der Waals surface area contributed by atoms with Crippen molar-refractivity contribution in [1.82, 2.24) is 15.5 Å². The van der Waals surface area contributed by atoms with E-state index in [1.54, 1.807) is 0 Å². The average Bonchev–Trinajstić information content (AvgIpc) is 3.19. The van der Waals surface area contributed by atoms with Gasteiger partial charge in [0.05, 0.1) is 5.69 Å². The second-order valence-corrected chi connectivity index (χ2v) is 6.29. The van der Waals surface area contributed by atoms with E-state index in [-0.39, 0.29) is 5.91 Å². The van der Waals surface area contributed by atoms with E-state index in [0.717, 1.165) is 36.3 Å².